The Hall–Kier alpha value is -4.43. The van der Waals surface area contributed by atoms with E-state index in [1.165, 1.54) is 7.11 Å². The van der Waals surface area contributed by atoms with Crippen molar-refractivity contribution in [3.8, 4) is 17.2 Å². The van der Waals surface area contributed by atoms with E-state index in [2.05, 4.69) is 11.4 Å². The van der Waals surface area contributed by atoms with Crippen molar-refractivity contribution in [1.29, 1.82) is 5.26 Å². The molecule has 1 N–H and O–H groups in total. The Morgan fingerprint density at radius 2 is 1.55 bits per heavy atom. The van der Waals surface area contributed by atoms with Crippen LogP contribution in [0.3, 0.4) is 0 Å². The van der Waals surface area contributed by atoms with Crippen LogP contribution in [0, 0.1) is 11.3 Å². The first-order valence-corrected chi connectivity index (χ1v) is 9.61. The predicted octanol–water partition coefficient (Wildman–Crippen LogP) is 5.42. The topological polar surface area (TPSA) is 79.2 Å². The number of benzene rings is 4. The third kappa shape index (κ3) is 4.29. The summed E-state index contributed by atoms with van der Waals surface area (Å²) in [7, 11) is 1.35. The number of nitrogens with one attached hydrogen (secondary N) is 1. The Kier molecular flexibility index (Phi) is 5.46. The first-order chi connectivity index (χ1) is 15.1. The Morgan fingerprint density at radius 1 is 0.806 bits per heavy atom. The number of rotatable bonds is 4. The highest BCUT2D eigenvalue weighted by molar-refractivity contribution is 6.06. The third-order valence-electron chi connectivity index (χ3n) is 4.99. The lowest BCUT2D eigenvalue weighted by Crippen LogP contribution is -2.11. The van der Waals surface area contributed by atoms with Crippen LogP contribution in [0.25, 0.3) is 21.9 Å². The van der Waals surface area contributed by atoms with Crippen LogP contribution in [0.2, 0.25) is 0 Å². The molecule has 4 aromatic carbocycles. The number of nitriles is 1. The maximum Gasteiger partial charge on any atom is 0.337 e. The third-order valence-corrected chi connectivity index (χ3v) is 4.99. The Bertz CT molecular complexity index is 1340. The van der Waals surface area contributed by atoms with E-state index in [4.69, 9.17) is 10.00 Å². The van der Waals surface area contributed by atoms with E-state index in [-0.39, 0.29) is 11.9 Å². The van der Waals surface area contributed by atoms with Gasteiger partial charge < -0.3 is 10.1 Å². The largest absolute Gasteiger partial charge is 0.465 e. The van der Waals surface area contributed by atoms with E-state index < -0.39 is 0 Å². The summed E-state index contributed by atoms with van der Waals surface area (Å²) in [6, 6.07) is 27.5. The minimum atomic E-state index is -0.384. The molecule has 1 amide bonds. The molecule has 0 bridgehead atoms. The molecule has 0 saturated carbocycles. The van der Waals surface area contributed by atoms with Gasteiger partial charge in [-0.25, -0.2) is 4.79 Å². The standard InChI is InChI=1S/C26H18N2O3/c1-31-26(30)23-4-2-3-19(15-23)18-9-11-24(12-10-18)28-25(29)22-8-7-20-13-17(16-27)5-6-21(20)14-22/h2-15H,1H3,(H,28,29). The number of hydrogen-bond acceptors (Lipinski definition) is 4. The van der Waals surface area contributed by atoms with E-state index >= 15 is 0 Å². The number of hydrogen-bond donors (Lipinski definition) is 1. The summed E-state index contributed by atoms with van der Waals surface area (Å²) in [4.78, 5) is 24.4. The lowest BCUT2D eigenvalue weighted by molar-refractivity contribution is 0.0600. The van der Waals surface area contributed by atoms with Crippen molar-refractivity contribution >= 4 is 28.3 Å². The normalized spacial score (nSPS) is 10.3. The molecule has 4 aromatic rings. The summed E-state index contributed by atoms with van der Waals surface area (Å²) in [5.74, 6) is -0.600. The number of esters is 1. The minimum Gasteiger partial charge on any atom is -0.465 e. The number of amides is 1. The van der Waals surface area contributed by atoms with Crippen molar-refractivity contribution in [2.45, 2.75) is 0 Å². The van der Waals surface area contributed by atoms with Gasteiger partial charge in [0.15, 0.2) is 0 Å². The van der Waals surface area contributed by atoms with Crippen LogP contribution in [0.1, 0.15) is 26.3 Å². The summed E-state index contributed by atoms with van der Waals surface area (Å²) in [6.07, 6.45) is 0. The minimum absolute atomic E-state index is 0.216. The molecule has 0 aliphatic rings. The second-order valence-corrected chi connectivity index (χ2v) is 6.99. The predicted molar refractivity (Wildman–Crippen MR) is 120 cm³/mol. The van der Waals surface area contributed by atoms with Crippen LogP contribution >= 0.6 is 0 Å². The van der Waals surface area contributed by atoms with E-state index in [0.29, 0.717) is 22.4 Å². The Morgan fingerprint density at radius 3 is 2.29 bits per heavy atom. The van der Waals surface area contributed by atoms with Gasteiger partial charge in [-0.05, 0) is 70.4 Å². The lowest BCUT2D eigenvalue weighted by atomic mass is 10.0. The lowest BCUT2D eigenvalue weighted by Gasteiger charge is -2.09. The summed E-state index contributed by atoms with van der Waals surface area (Å²) in [5.41, 5.74) is 4.07. The molecule has 150 valence electrons. The second kappa shape index (κ2) is 8.52. The molecule has 5 heteroatoms. The molecule has 0 spiro atoms. The molecule has 0 aliphatic heterocycles. The second-order valence-electron chi connectivity index (χ2n) is 6.99. The number of anilines is 1. The zero-order chi connectivity index (χ0) is 21.8. The number of nitrogens with zero attached hydrogens (tertiary/aromatic N) is 1. The van der Waals surface area contributed by atoms with Crippen LogP contribution in [-0.4, -0.2) is 19.0 Å². The summed E-state index contributed by atoms with van der Waals surface area (Å²) in [5, 5.41) is 13.7. The van der Waals surface area contributed by atoms with E-state index in [0.717, 1.165) is 21.9 Å². The molecule has 0 unspecified atom stereocenters. The van der Waals surface area contributed by atoms with Crippen molar-refractivity contribution in [1.82, 2.24) is 0 Å². The SMILES string of the molecule is COC(=O)c1cccc(-c2ccc(NC(=O)c3ccc4cc(C#N)ccc4c3)cc2)c1. The number of carbonyl (C=O) groups is 2. The molecular weight excluding hydrogens is 388 g/mol. The van der Waals surface area contributed by atoms with Crippen LogP contribution in [-0.2, 0) is 4.74 Å². The van der Waals surface area contributed by atoms with Gasteiger partial charge >= 0.3 is 5.97 Å². The van der Waals surface area contributed by atoms with Gasteiger partial charge in [-0.1, -0.05) is 36.4 Å². The molecule has 0 aromatic heterocycles. The molecule has 5 nitrogen and oxygen atoms in total. The molecule has 0 aliphatic carbocycles. The summed E-state index contributed by atoms with van der Waals surface area (Å²) in [6.45, 7) is 0. The highest BCUT2D eigenvalue weighted by atomic mass is 16.5. The summed E-state index contributed by atoms with van der Waals surface area (Å²) >= 11 is 0. The van der Waals surface area contributed by atoms with Gasteiger partial charge in [0.2, 0.25) is 0 Å². The van der Waals surface area contributed by atoms with Gasteiger partial charge in [-0.2, -0.15) is 5.26 Å². The van der Waals surface area contributed by atoms with Gasteiger partial charge in [0, 0.05) is 11.3 Å². The fraction of sp³-hybridized carbons (Fsp3) is 0.0385. The van der Waals surface area contributed by atoms with Crippen molar-refractivity contribution < 1.29 is 14.3 Å². The average molecular weight is 406 g/mol. The van der Waals surface area contributed by atoms with Crippen molar-refractivity contribution in [3.63, 3.8) is 0 Å². The molecule has 4 rings (SSSR count). The van der Waals surface area contributed by atoms with Crippen LogP contribution < -0.4 is 5.32 Å². The van der Waals surface area contributed by atoms with Crippen LogP contribution in [0.4, 0.5) is 5.69 Å². The fourth-order valence-electron chi connectivity index (χ4n) is 3.35. The van der Waals surface area contributed by atoms with Gasteiger partial charge in [-0.15, -0.1) is 0 Å². The number of methoxy groups -OCH3 is 1. The van der Waals surface area contributed by atoms with Gasteiger partial charge in [0.1, 0.15) is 0 Å². The smallest absolute Gasteiger partial charge is 0.337 e. The monoisotopic (exact) mass is 406 g/mol. The molecule has 31 heavy (non-hydrogen) atoms. The Labute approximate surface area is 179 Å². The van der Waals surface area contributed by atoms with E-state index in [9.17, 15) is 9.59 Å². The maximum atomic E-state index is 12.7. The Balaban J connectivity index is 1.51. The molecule has 0 atom stereocenters. The van der Waals surface area contributed by atoms with Gasteiger partial charge in [0.05, 0.1) is 24.3 Å². The van der Waals surface area contributed by atoms with E-state index in [1.54, 1.807) is 42.5 Å². The first-order valence-electron chi connectivity index (χ1n) is 9.61. The van der Waals surface area contributed by atoms with E-state index in [1.807, 2.05) is 42.5 Å². The molecule has 0 fully saturated rings. The summed E-state index contributed by atoms with van der Waals surface area (Å²) < 4.78 is 4.77. The maximum absolute atomic E-state index is 12.7. The molecular formula is C26H18N2O3. The molecule has 0 radical (unpaired) electrons. The quantitative estimate of drug-likeness (QED) is 0.459. The fourth-order valence-corrected chi connectivity index (χ4v) is 3.35. The van der Waals surface area contributed by atoms with Crippen molar-refractivity contribution in [3.05, 3.63) is 102 Å². The first kappa shape index (κ1) is 19.9. The van der Waals surface area contributed by atoms with Crippen molar-refractivity contribution in [2.75, 3.05) is 12.4 Å². The van der Waals surface area contributed by atoms with Crippen molar-refractivity contribution in [2.24, 2.45) is 0 Å². The highest BCUT2D eigenvalue weighted by Crippen LogP contribution is 2.24. The van der Waals surface area contributed by atoms with Crippen LogP contribution in [0.5, 0.6) is 0 Å². The number of carbonyl (C=O) groups excluding carboxylic acids is 2. The number of ether oxygens (including phenoxy) is 1. The number of fused-ring (bicyclic) bond motifs is 1. The molecule has 0 heterocycles. The average Bonchev–Trinajstić information content (AvgIpc) is 2.83. The molecule has 0 saturated heterocycles. The zero-order valence-corrected chi connectivity index (χ0v) is 16.8. The zero-order valence-electron chi connectivity index (χ0n) is 16.8. The van der Waals surface area contributed by atoms with Gasteiger partial charge in [0.25, 0.3) is 5.91 Å². The van der Waals surface area contributed by atoms with Crippen LogP contribution in [0.15, 0.2) is 84.9 Å². The highest BCUT2D eigenvalue weighted by Gasteiger charge is 2.09. The van der Waals surface area contributed by atoms with Gasteiger partial charge in [-0.3, -0.25) is 4.79 Å².